The molecule has 25 heavy (non-hydrogen) atoms. The van der Waals surface area contributed by atoms with Gasteiger partial charge >= 0.3 is 11.9 Å². The van der Waals surface area contributed by atoms with Crippen molar-refractivity contribution in [1.82, 2.24) is 5.32 Å². The average Bonchev–Trinajstić information content (AvgIpc) is 3.07. The van der Waals surface area contributed by atoms with Crippen molar-refractivity contribution in [2.75, 3.05) is 7.11 Å². The first-order valence-corrected chi connectivity index (χ1v) is 7.68. The molecule has 0 saturated heterocycles. The molecule has 1 atom stereocenters. The van der Waals surface area contributed by atoms with Crippen LogP contribution in [0.5, 0.6) is 0 Å². The number of methoxy groups -OCH3 is 1. The van der Waals surface area contributed by atoms with Crippen LogP contribution in [0.15, 0.2) is 41.0 Å². The van der Waals surface area contributed by atoms with Crippen molar-refractivity contribution in [2.45, 2.75) is 19.6 Å². The molecule has 0 unspecified atom stereocenters. The quantitative estimate of drug-likeness (QED) is 0.790. The molecular weight excluding hydrogens is 350 g/mol. The van der Waals surface area contributed by atoms with E-state index in [1.54, 1.807) is 24.3 Å². The maximum atomic E-state index is 12.1. The van der Waals surface area contributed by atoms with Crippen molar-refractivity contribution < 1.29 is 28.3 Å². The molecule has 1 aromatic carbocycles. The number of hydrogen-bond donors (Lipinski definition) is 1. The van der Waals surface area contributed by atoms with Gasteiger partial charge in [0, 0.05) is 5.56 Å². The molecule has 132 valence electrons. The SMILES string of the molecule is COC(=O)c1occc1COC(=O)[C@H](C)NC(=O)c1ccccc1Cl. The number of amides is 1. The Hall–Kier alpha value is -2.80. The predicted octanol–water partition coefficient (Wildman–Crippen LogP) is 2.58. The molecule has 0 saturated carbocycles. The summed E-state index contributed by atoms with van der Waals surface area (Å²) in [5.41, 5.74) is 0.622. The van der Waals surface area contributed by atoms with Crippen LogP contribution in [-0.2, 0) is 20.9 Å². The smallest absolute Gasteiger partial charge is 0.374 e. The summed E-state index contributed by atoms with van der Waals surface area (Å²) in [5.74, 6) is -1.87. The van der Waals surface area contributed by atoms with Gasteiger partial charge in [0.2, 0.25) is 5.76 Å². The van der Waals surface area contributed by atoms with Crippen LogP contribution in [0.2, 0.25) is 5.02 Å². The summed E-state index contributed by atoms with van der Waals surface area (Å²) < 4.78 is 14.7. The van der Waals surface area contributed by atoms with E-state index in [1.807, 2.05) is 0 Å². The maximum absolute atomic E-state index is 12.1. The van der Waals surface area contributed by atoms with Crippen molar-refractivity contribution in [1.29, 1.82) is 0 Å². The molecule has 0 bridgehead atoms. The molecule has 1 heterocycles. The number of esters is 2. The summed E-state index contributed by atoms with van der Waals surface area (Å²) in [6.07, 6.45) is 1.29. The minimum absolute atomic E-state index is 0.0388. The fraction of sp³-hybridized carbons (Fsp3) is 0.235. The van der Waals surface area contributed by atoms with Crippen LogP contribution < -0.4 is 5.32 Å². The molecule has 7 nitrogen and oxygen atoms in total. The lowest BCUT2D eigenvalue weighted by molar-refractivity contribution is -0.146. The standard InChI is InChI=1S/C17H16ClNO6/c1-10(19-15(20)12-5-3-4-6-13(12)18)16(21)25-9-11-7-8-24-14(11)17(22)23-2/h3-8,10H,9H2,1-2H3,(H,19,20)/t10-/m0/s1. The lowest BCUT2D eigenvalue weighted by Crippen LogP contribution is -2.39. The van der Waals surface area contributed by atoms with Gasteiger partial charge in [0.25, 0.3) is 5.91 Å². The maximum Gasteiger partial charge on any atom is 0.374 e. The van der Waals surface area contributed by atoms with Crippen molar-refractivity contribution in [2.24, 2.45) is 0 Å². The number of benzene rings is 1. The molecule has 0 aliphatic heterocycles. The lowest BCUT2D eigenvalue weighted by Gasteiger charge is -2.14. The van der Waals surface area contributed by atoms with E-state index in [0.717, 1.165) is 0 Å². The zero-order chi connectivity index (χ0) is 18.4. The third-order valence-electron chi connectivity index (χ3n) is 3.31. The Bertz CT molecular complexity index is 785. The van der Waals surface area contributed by atoms with E-state index in [4.69, 9.17) is 20.8 Å². The fourth-order valence-electron chi connectivity index (χ4n) is 1.97. The highest BCUT2D eigenvalue weighted by molar-refractivity contribution is 6.33. The minimum atomic E-state index is -0.905. The van der Waals surface area contributed by atoms with Gasteiger partial charge in [-0.2, -0.15) is 0 Å². The van der Waals surface area contributed by atoms with Crippen LogP contribution in [0.25, 0.3) is 0 Å². The highest BCUT2D eigenvalue weighted by Crippen LogP contribution is 2.15. The van der Waals surface area contributed by atoms with Gasteiger partial charge in [-0.05, 0) is 25.1 Å². The molecule has 0 fully saturated rings. The van der Waals surface area contributed by atoms with E-state index in [2.05, 4.69) is 10.1 Å². The zero-order valence-corrected chi connectivity index (χ0v) is 14.3. The van der Waals surface area contributed by atoms with Crippen molar-refractivity contribution in [3.63, 3.8) is 0 Å². The van der Waals surface area contributed by atoms with Crippen LogP contribution in [0.4, 0.5) is 0 Å². The number of furan rings is 1. The first kappa shape index (κ1) is 18.5. The number of ether oxygens (including phenoxy) is 2. The number of carbonyl (C=O) groups excluding carboxylic acids is 3. The molecular formula is C17H16ClNO6. The summed E-state index contributed by atoms with van der Waals surface area (Å²) in [6, 6.07) is 7.07. The van der Waals surface area contributed by atoms with Crippen LogP contribution in [-0.4, -0.2) is 31.0 Å². The fourth-order valence-corrected chi connectivity index (χ4v) is 2.20. The molecule has 0 aliphatic carbocycles. The molecule has 0 spiro atoms. The Kier molecular flexibility index (Phi) is 6.19. The molecule has 1 amide bonds. The van der Waals surface area contributed by atoms with Crippen LogP contribution >= 0.6 is 11.6 Å². The van der Waals surface area contributed by atoms with E-state index in [-0.39, 0.29) is 23.0 Å². The Balaban J connectivity index is 1.93. The van der Waals surface area contributed by atoms with E-state index in [9.17, 15) is 14.4 Å². The molecule has 8 heteroatoms. The van der Waals surface area contributed by atoms with E-state index in [0.29, 0.717) is 5.56 Å². The second-order valence-electron chi connectivity index (χ2n) is 5.05. The Labute approximate surface area is 148 Å². The van der Waals surface area contributed by atoms with Crippen LogP contribution in [0.1, 0.15) is 33.4 Å². The predicted molar refractivity (Wildman–Crippen MR) is 88.2 cm³/mol. The van der Waals surface area contributed by atoms with Gasteiger partial charge < -0.3 is 19.2 Å². The van der Waals surface area contributed by atoms with Crippen LogP contribution in [0, 0.1) is 0 Å². The number of hydrogen-bond acceptors (Lipinski definition) is 6. The molecule has 0 aliphatic rings. The Morgan fingerprint density at radius 2 is 1.96 bits per heavy atom. The zero-order valence-electron chi connectivity index (χ0n) is 13.6. The summed E-state index contributed by atoms with van der Waals surface area (Å²) in [7, 11) is 1.22. The Morgan fingerprint density at radius 1 is 1.24 bits per heavy atom. The third kappa shape index (κ3) is 4.60. The van der Waals surface area contributed by atoms with E-state index >= 15 is 0 Å². The first-order valence-electron chi connectivity index (χ1n) is 7.30. The van der Waals surface area contributed by atoms with E-state index < -0.39 is 23.9 Å². The van der Waals surface area contributed by atoms with Gasteiger partial charge in [-0.1, -0.05) is 23.7 Å². The van der Waals surface area contributed by atoms with E-state index in [1.165, 1.54) is 26.4 Å². The molecule has 2 rings (SSSR count). The van der Waals surface area contributed by atoms with Gasteiger partial charge in [0.1, 0.15) is 12.6 Å². The average molecular weight is 366 g/mol. The first-order chi connectivity index (χ1) is 11.9. The monoisotopic (exact) mass is 365 g/mol. The highest BCUT2D eigenvalue weighted by Gasteiger charge is 2.21. The Morgan fingerprint density at radius 3 is 2.64 bits per heavy atom. The van der Waals surface area contributed by atoms with Gasteiger partial charge in [-0.3, -0.25) is 4.79 Å². The second-order valence-corrected chi connectivity index (χ2v) is 5.46. The summed E-state index contributed by atoms with van der Waals surface area (Å²) >= 11 is 5.94. The molecule has 2 aromatic rings. The van der Waals surface area contributed by atoms with Crippen molar-refractivity contribution in [3.05, 3.63) is 58.5 Å². The van der Waals surface area contributed by atoms with Gasteiger partial charge in [-0.15, -0.1) is 0 Å². The minimum Gasteiger partial charge on any atom is -0.463 e. The largest absolute Gasteiger partial charge is 0.463 e. The van der Waals surface area contributed by atoms with Crippen LogP contribution in [0.3, 0.4) is 0 Å². The normalized spacial score (nSPS) is 11.5. The topological polar surface area (TPSA) is 94.8 Å². The van der Waals surface area contributed by atoms with Gasteiger partial charge in [-0.25, -0.2) is 9.59 Å². The summed E-state index contributed by atoms with van der Waals surface area (Å²) in [4.78, 5) is 35.6. The molecule has 1 N–H and O–H groups in total. The van der Waals surface area contributed by atoms with Gasteiger partial charge in [0.05, 0.1) is 24.0 Å². The highest BCUT2D eigenvalue weighted by atomic mass is 35.5. The van der Waals surface area contributed by atoms with Gasteiger partial charge in [0.15, 0.2) is 0 Å². The molecule has 1 aromatic heterocycles. The third-order valence-corrected chi connectivity index (χ3v) is 3.64. The molecule has 0 radical (unpaired) electrons. The van der Waals surface area contributed by atoms with Crippen molar-refractivity contribution >= 4 is 29.4 Å². The summed E-state index contributed by atoms with van der Waals surface area (Å²) in [6.45, 7) is 1.29. The van der Waals surface area contributed by atoms with Crippen molar-refractivity contribution in [3.8, 4) is 0 Å². The number of rotatable bonds is 6. The number of carbonyl (C=O) groups is 3. The number of nitrogens with one attached hydrogen (secondary N) is 1. The second kappa shape index (κ2) is 8.34. The lowest BCUT2D eigenvalue weighted by atomic mass is 10.2. The number of halogens is 1. The summed E-state index contributed by atoms with van der Waals surface area (Å²) in [5, 5.41) is 2.78.